The molecule has 78 valence electrons. The third-order valence-corrected chi connectivity index (χ3v) is 2.64. The number of alkyl halides is 4. The lowest BCUT2D eigenvalue weighted by Gasteiger charge is -2.18. The maximum absolute atomic E-state index is 12.8. The summed E-state index contributed by atoms with van der Waals surface area (Å²) in [4.78, 5) is 0. The van der Waals surface area contributed by atoms with Crippen molar-refractivity contribution in [1.82, 2.24) is 0 Å². The van der Waals surface area contributed by atoms with Gasteiger partial charge in [0.2, 0.25) is 0 Å². The summed E-state index contributed by atoms with van der Waals surface area (Å²) in [5, 5.41) is 0. The second kappa shape index (κ2) is 3.82. The van der Waals surface area contributed by atoms with Crippen LogP contribution >= 0.6 is 0 Å². The highest BCUT2D eigenvalue weighted by molar-refractivity contribution is 4.84. The first-order valence-corrected chi connectivity index (χ1v) is 4.36. The first-order valence-electron chi connectivity index (χ1n) is 4.36. The molecule has 3 unspecified atom stereocenters. The Morgan fingerprint density at radius 2 is 1.92 bits per heavy atom. The van der Waals surface area contributed by atoms with Crippen LogP contribution < -0.4 is 5.73 Å². The molecule has 0 bridgehead atoms. The van der Waals surface area contributed by atoms with E-state index in [1.807, 2.05) is 0 Å². The van der Waals surface area contributed by atoms with Crippen molar-refractivity contribution in [3.05, 3.63) is 0 Å². The van der Waals surface area contributed by atoms with E-state index in [2.05, 4.69) is 0 Å². The molecule has 0 amide bonds. The maximum Gasteiger partial charge on any atom is 0.419 e. The molecule has 0 aliphatic heterocycles. The molecule has 0 spiro atoms. The van der Waals surface area contributed by atoms with Crippen molar-refractivity contribution >= 4 is 0 Å². The number of nitrogens with two attached hydrogens (primary N) is 1. The predicted octanol–water partition coefficient (Wildman–Crippen LogP) is 2.26. The summed E-state index contributed by atoms with van der Waals surface area (Å²) < 4.78 is 48.5. The van der Waals surface area contributed by atoms with Gasteiger partial charge in [-0.15, -0.1) is 0 Å². The van der Waals surface area contributed by atoms with Crippen molar-refractivity contribution in [3.63, 3.8) is 0 Å². The van der Waals surface area contributed by atoms with E-state index < -0.39 is 18.3 Å². The SMILES string of the molecule is NCC1CCC(C(F)C(F)(F)F)C1. The Kier molecular flexibility index (Phi) is 3.16. The summed E-state index contributed by atoms with van der Waals surface area (Å²) in [7, 11) is 0. The van der Waals surface area contributed by atoms with Gasteiger partial charge in [-0.25, -0.2) is 4.39 Å². The van der Waals surface area contributed by atoms with Crippen molar-refractivity contribution in [1.29, 1.82) is 0 Å². The molecule has 0 aromatic heterocycles. The van der Waals surface area contributed by atoms with E-state index in [4.69, 9.17) is 5.73 Å². The molecule has 1 saturated carbocycles. The molecule has 0 heterocycles. The van der Waals surface area contributed by atoms with E-state index in [0.717, 1.165) is 0 Å². The van der Waals surface area contributed by atoms with Crippen molar-refractivity contribution in [2.75, 3.05) is 6.54 Å². The zero-order chi connectivity index (χ0) is 10.1. The molecule has 1 aliphatic rings. The number of rotatable bonds is 2. The number of hydrogen-bond donors (Lipinski definition) is 1. The normalized spacial score (nSPS) is 32.1. The average Bonchev–Trinajstić information content (AvgIpc) is 2.48. The Bertz CT molecular complexity index is 168. The molecule has 5 heteroatoms. The van der Waals surface area contributed by atoms with Gasteiger partial charge in [0.25, 0.3) is 0 Å². The van der Waals surface area contributed by atoms with Gasteiger partial charge in [-0.2, -0.15) is 13.2 Å². The van der Waals surface area contributed by atoms with Crippen LogP contribution in [0.5, 0.6) is 0 Å². The molecular weight excluding hydrogens is 186 g/mol. The summed E-state index contributed by atoms with van der Waals surface area (Å²) in [6, 6.07) is 0. The third-order valence-electron chi connectivity index (χ3n) is 2.64. The van der Waals surface area contributed by atoms with E-state index in [1.54, 1.807) is 0 Å². The zero-order valence-corrected chi connectivity index (χ0v) is 7.15. The van der Waals surface area contributed by atoms with Crippen LogP contribution in [0, 0.1) is 11.8 Å². The van der Waals surface area contributed by atoms with Gasteiger partial charge in [0.15, 0.2) is 6.17 Å². The van der Waals surface area contributed by atoms with E-state index in [0.29, 0.717) is 19.4 Å². The molecule has 0 radical (unpaired) electrons. The van der Waals surface area contributed by atoms with Gasteiger partial charge in [-0.1, -0.05) is 0 Å². The molecule has 0 aromatic carbocycles. The van der Waals surface area contributed by atoms with Gasteiger partial charge >= 0.3 is 6.18 Å². The Morgan fingerprint density at radius 3 is 2.31 bits per heavy atom. The second-order valence-electron chi connectivity index (χ2n) is 3.62. The second-order valence-corrected chi connectivity index (χ2v) is 3.62. The molecule has 2 N–H and O–H groups in total. The lowest BCUT2D eigenvalue weighted by Crippen LogP contribution is -2.31. The highest BCUT2D eigenvalue weighted by Crippen LogP contribution is 2.39. The van der Waals surface area contributed by atoms with Crippen molar-refractivity contribution in [2.45, 2.75) is 31.6 Å². The Balaban J connectivity index is 2.46. The van der Waals surface area contributed by atoms with Gasteiger partial charge in [0.1, 0.15) is 0 Å². The highest BCUT2D eigenvalue weighted by Gasteiger charge is 2.47. The van der Waals surface area contributed by atoms with Gasteiger partial charge in [-0.05, 0) is 37.6 Å². The molecule has 0 saturated heterocycles. The summed E-state index contributed by atoms with van der Waals surface area (Å²) in [5.74, 6) is -0.792. The van der Waals surface area contributed by atoms with Crippen LogP contribution in [0.15, 0.2) is 0 Å². The molecule has 1 nitrogen and oxygen atoms in total. The topological polar surface area (TPSA) is 26.0 Å². The summed E-state index contributed by atoms with van der Waals surface area (Å²) in [6.45, 7) is 0.362. The van der Waals surface area contributed by atoms with Crippen LogP contribution in [0.1, 0.15) is 19.3 Å². The Hall–Kier alpha value is -0.320. The third kappa shape index (κ3) is 2.56. The van der Waals surface area contributed by atoms with Crippen LogP contribution in [0.2, 0.25) is 0 Å². The molecular formula is C8H13F4N. The monoisotopic (exact) mass is 199 g/mol. The van der Waals surface area contributed by atoms with Crippen molar-refractivity contribution < 1.29 is 17.6 Å². The predicted molar refractivity (Wildman–Crippen MR) is 40.8 cm³/mol. The van der Waals surface area contributed by atoms with Crippen molar-refractivity contribution in [2.24, 2.45) is 17.6 Å². The standard InChI is InChI=1S/C8H13F4N/c9-7(8(10,11)12)6-2-1-5(3-6)4-13/h5-7H,1-4,13H2. The fraction of sp³-hybridized carbons (Fsp3) is 1.00. The van der Waals surface area contributed by atoms with Crippen LogP contribution in [0.3, 0.4) is 0 Å². The minimum atomic E-state index is -4.70. The molecule has 1 fully saturated rings. The van der Waals surface area contributed by atoms with Gasteiger partial charge in [0.05, 0.1) is 0 Å². The first-order chi connectivity index (χ1) is 5.95. The zero-order valence-electron chi connectivity index (χ0n) is 7.15. The van der Waals surface area contributed by atoms with E-state index >= 15 is 0 Å². The quantitative estimate of drug-likeness (QED) is 0.678. The van der Waals surface area contributed by atoms with E-state index in [9.17, 15) is 17.6 Å². The maximum atomic E-state index is 12.8. The van der Waals surface area contributed by atoms with Crippen LogP contribution in [-0.2, 0) is 0 Å². The summed E-state index contributed by atoms with van der Waals surface area (Å²) in [6.07, 6.45) is -6.16. The van der Waals surface area contributed by atoms with Gasteiger partial charge in [-0.3, -0.25) is 0 Å². The fourth-order valence-electron chi connectivity index (χ4n) is 1.86. The van der Waals surface area contributed by atoms with Gasteiger partial charge in [0, 0.05) is 0 Å². The van der Waals surface area contributed by atoms with E-state index in [-0.39, 0.29) is 12.3 Å². The molecule has 13 heavy (non-hydrogen) atoms. The van der Waals surface area contributed by atoms with Crippen LogP contribution in [0.25, 0.3) is 0 Å². The Morgan fingerprint density at radius 1 is 1.31 bits per heavy atom. The summed E-state index contributed by atoms with van der Waals surface area (Å²) >= 11 is 0. The highest BCUT2D eigenvalue weighted by atomic mass is 19.4. The summed E-state index contributed by atoms with van der Waals surface area (Å²) in [5.41, 5.74) is 5.30. The van der Waals surface area contributed by atoms with Crippen molar-refractivity contribution in [3.8, 4) is 0 Å². The molecule has 1 aliphatic carbocycles. The first kappa shape index (κ1) is 10.8. The molecule has 0 aromatic rings. The smallest absolute Gasteiger partial charge is 0.330 e. The Labute approximate surface area is 74.3 Å². The van der Waals surface area contributed by atoms with Crippen LogP contribution in [-0.4, -0.2) is 18.9 Å². The fourth-order valence-corrected chi connectivity index (χ4v) is 1.86. The minimum absolute atomic E-state index is 0.0746. The molecule has 1 rings (SSSR count). The number of halogens is 4. The average molecular weight is 199 g/mol. The lowest BCUT2D eigenvalue weighted by atomic mass is 10.00. The number of hydrogen-bond acceptors (Lipinski definition) is 1. The van der Waals surface area contributed by atoms with Gasteiger partial charge < -0.3 is 5.73 Å². The van der Waals surface area contributed by atoms with Crippen LogP contribution in [0.4, 0.5) is 17.6 Å². The largest absolute Gasteiger partial charge is 0.419 e. The lowest BCUT2D eigenvalue weighted by molar-refractivity contribution is -0.194. The van der Waals surface area contributed by atoms with E-state index in [1.165, 1.54) is 0 Å². The molecule has 3 atom stereocenters. The minimum Gasteiger partial charge on any atom is -0.330 e.